The quantitative estimate of drug-likeness (QED) is 0.813. The van der Waals surface area contributed by atoms with Gasteiger partial charge in [0.05, 0.1) is 6.61 Å². The number of hydrogen-bond donors (Lipinski definition) is 1. The topological polar surface area (TPSA) is 38.5 Å². The van der Waals surface area contributed by atoms with Crippen LogP contribution in [0, 0.1) is 11.3 Å². The van der Waals surface area contributed by atoms with Crippen molar-refractivity contribution in [2.24, 2.45) is 17.1 Å². The second-order valence-corrected chi connectivity index (χ2v) is 7.60. The number of methoxy groups -OCH3 is 1. The molecule has 3 heteroatoms. The Kier molecular flexibility index (Phi) is 6.96. The van der Waals surface area contributed by atoms with Gasteiger partial charge in [0, 0.05) is 31.8 Å². The molecular formula is C17H36N2O. The molecule has 0 aromatic heterocycles. The largest absolute Gasteiger partial charge is 0.383 e. The van der Waals surface area contributed by atoms with E-state index in [2.05, 4.69) is 39.5 Å². The maximum absolute atomic E-state index is 6.47. The Labute approximate surface area is 126 Å². The van der Waals surface area contributed by atoms with Gasteiger partial charge in [-0.3, -0.25) is 4.90 Å². The van der Waals surface area contributed by atoms with E-state index in [4.69, 9.17) is 10.5 Å². The summed E-state index contributed by atoms with van der Waals surface area (Å²) < 4.78 is 5.30. The summed E-state index contributed by atoms with van der Waals surface area (Å²) in [5.41, 5.74) is 6.86. The molecular weight excluding hydrogens is 248 g/mol. The monoisotopic (exact) mass is 284 g/mol. The van der Waals surface area contributed by atoms with Gasteiger partial charge in [0.25, 0.3) is 0 Å². The van der Waals surface area contributed by atoms with Crippen molar-refractivity contribution in [1.82, 2.24) is 4.90 Å². The van der Waals surface area contributed by atoms with Gasteiger partial charge in [-0.1, -0.05) is 27.7 Å². The fourth-order valence-corrected chi connectivity index (χ4v) is 3.48. The van der Waals surface area contributed by atoms with Crippen LogP contribution in [0.5, 0.6) is 0 Å². The third kappa shape index (κ3) is 4.71. The van der Waals surface area contributed by atoms with E-state index < -0.39 is 0 Å². The standard InChI is InChI=1S/C17H36N2O/c1-7-13(2)19(10-11-20-6)16-12-14(17(3,4)5)8-9-15(16)18/h13-16H,7-12,18H2,1-6H3. The van der Waals surface area contributed by atoms with E-state index >= 15 is 0 Å². The van der Waals surface area contributed by atoms with Crippen molar-refractivity contribution in [2.45, 2.75) is 78.4 Å². The molecule has 0 heterocycles. The number of nitrogens with zero attached hydrogens (tertiary/aromatic N) is 1. The molecule has 1 aliphatic carbocycles. The molecule has 1 fully saturated rings. The minimum atomic E-state index is 0.319. The second-order valence-electron chi connectivity index (χ2n) is 7.60. The first-order valence-corrected chi connectivity index (χ1v) is 8.31. The van der Waals surface area contributed by atoms with E-state index in [1.165, 1.54) is 19.3 Å². The summed E-state index contributed by atoms with van der Waals surface area (Å²) in [5.74, 6) is 0.779. The molecule has 0 aromatic rings. The van der Waals surface area contributed by atoms with Gasteiger partial charge >= 0.3 is 0 Å². The summed E-state index contributed by atoms with van der Waals surface area (Å²) in [4.78, 5) is 2.60. The van der Waals surface area contributed by atoms with Crippen LogP contribution in [0.1, 0.15) is 60.3 Å². The van der Waals surface area contributed by atoms with Gasteiger partial charge in [0.2, 0.25) is 0 Å². The van der Waals surface area contributed by atoms with Gasteiger partial charge in [0.15, 0.2) is 0 Å². The molecule has 0 saturated heterocycles. The highest BCUT2D eigenvalue weighted by Gasteiger charge is 2.37. The van der Waals surface area contributed by atoms with Crippen LogP contribution >= 0.6 is 0 Å². The Morgan fingerprint density at radius 3 is 2.45 bits per heavy atom. The summed E-state index contributed by atoms with van der Waals surface area (Å²) >= 11 is 0. The third-order valence-electron chi connectivity index (χ3n) is 5.23. The zero-order chi connectivity index (χ0) is 15.3. The molecule has 3 nitrogen and oxygen atoms in total. The second kappa shape index (κ2) is 7.77. The Morgan fingerprint density at radius 2 is 1.95 bits per heavy atom. The fraction of sp³-hybridized carbons (Fsp3) is 1.00. The first-order valence-electron chi connectivity index (χ1n) is 8.31. The molecule has 20 heavy (non-hydrogen) atoms. The van der Waals surface area contributed by atoms with Gasteiger partial charge in [-0.15, -0.1) is 0 Å². The predicted molar refractivity (Wildman–Crippen MR) is 86.9 cm³/mol. The molecule has 1 aliphatic rings. The molecule has 4 unspecified atom stereocenters. The fourth-order valence-electron chi connectivity index (χ4n) is 3.48. The van der Waals surface area contributed by atoms with Crippen LogP contribution in [0.2, 0.25) is 0 Å². The van der Waals surface area contributed by atoms with Crippen LogP contribution in [0.25, 0.3) is 0 Å². The van der Waals surface area contributed by atoms with E-state index in [-0.39, 0.29) is 0 Å². The van der Waals surface area contributed by atoms with Crippen LogP contribution in [-0.4, -0.2) is 43.3 Å². The van der Waals surface area contributed by atoms with Crippen LogP contribution in [-0.2, 0) is 4.74 Å². The summed E-state index contributed by atoms with van der Waals surface area (Å²) in [7, 11) is 1.79. The normalized spacial score (nSPS) is 29.7. The predicted octanol–water partition coefficient (Wildman–Crippen LogP) is 3.28. The summed E-state index contributed by atoms with van der Waals surface area (Å²) in [6.07, 6.45) is 4.85. The molecule has 0 spiro atoms. The van der Waals surface area contributed by atoms with Gasteiger partial charge in [-0.05, 0) is 43.9 Å². The maximum atomic E-state index is 6.47. The first kappa shape index (κ1) is 17.9. The van der Waals surface area contributed by atoms with Crippen LogP contribution < -0.4 is 5.73 Å². The first-order chi connectivity index (χ1) is 9.31. The molecule has 0 bridgehead atoms. The number of rotatable bonds is 6. The van der Waals surface area contributed by atoms with E-state index in [0.29, 0.717) is 23.5 Å². The van der Waals surface area contributed by atoms with Crippen molar-refractivity contribution in [1.29, 1.82) is 0 Å². The van der Waals surface area contributed by atoms with Crippen LogP contribution in [0.3, 0.4) is 0 Å². The molecule has 4 atom stereocenters. The van der Waals surface area contributed by atoms with Crippen molar-refractivity contribution in [3.05, 3.63) is 0 Å². The number of ether oxygens (including phenoxy) is 1. The lowest BCUT2D eigenvalue weighted by Gasteiger charge is -2.47. The average molecular weight is 284 g/mol. The van der Waals surface area contributed by atoms with Crippen molar-refractivity contribution in [3.63, 3.8) is 0 Å². The highest BCUT2D eigenvalue weighted by molar-refractivity contribution is 4.93. The summed E-state index contributed by atoms with van der Waals surface area (Å²) in [6, 6.07) is 1.41. The molecule has 0 amide bonds. The Morgan fingerprint density at radius 1 is 1.30 bits per heavy atom. The molecule has 120 valence electrons. The van der Waals surface area contributed by atoms with E-state index in [1.54, 1.807) is 7.11 Å². The lowest BCUT2D eigenvalue weighted by Crippen LogP contribution is -2.55. The summed E-state index contributed by atoms with van der Waals surface area (Å²) in [6.45, 7) is 13.5. The van der Waals surface area contributed by atoms with Gasteiger partial charge in [0.1, 0.15) is 0 Å². The van der Waals surface area contributed by atoms with E-state index in [9.17, 15) is 0 Å². The minimum Gasteiger partial charge on any atom is -0.383 e. The van der Waals surface area contributed by atoms with E-state index in [0.717, 1.165) is 25.5 Å². The lowest BCUT2D eigenvalue weighted by molar-refractivity contribution is 0.0282. The van der Waals surface area contributed by atoms with Crippen molar-refractivity contribution in [3.8, 4) is 0 Å². The summed E-state index contributed by atoms with van der Waals surface area (Å²) in [5, 5.41) is 0. The molecule has 1 rings (SSSR count). The molecule has 2 N–H and O–H groups in total. The van der Waals surface area contributed by atoms with Crippen molar-refractivity contribution in [2.75, 3.05) is 20.3 Å². The van der Waals surface area contributed by atoms with Crippen molar-refractivity contribution >= 4 is 0 Å². The minimum absolute atomic E-state index is 0.319. The Hall–Kier alpha value is -0.120. The number of nitrogens with two attached hydrogens (primary N) is 1. The lowest BCUT2D eigenvalue weighted by atomic mass is 9.69. The van der Waals surface area contributed by atoms with Gasteiger partial charge in [-0.25, -0.2) is 0 Å². The SMILES string of the molecule is CCC(C)N(CCOC)C1CC(C(C)(C)C)CCC1N. The average Bonchev–Trinajstić information content (AvgIpc) is 2.39. The molecule has 0 aromatic carbocycles. The highest BCUT2D eigenvalue weighted by atomic mass is 16.5. The highest BCUT2D eigenvalue weighted by Crippen LogP contribution is 2.39. The van der Waals surface area contributed by atoms with Crippen molar-refractivity contribution < 1.29 is 4.74 Å². The van der Waals surface area contributed by atoms with Crippen LogP contribution in [0.4, 0.5) is 0 Å². The van der Waals surface area contributed by atoms with E-state index in [1.807, 2.05) is 0 Å². The zero-order valence-corrected chi connectivity index (χ0v) is 14.5. The molecule has 0 radical (unpaired) electrons. The molecule has 0 aliphatic heterocycles. The van der Waals surface area contributed by atoms with Crippen LogP contribution in [0.15, 0.2) is 0 Å². The Bertz CT molecular complexity index is 275. The van der Waals surface area contributed by atoms with Gasteiger partial charge < -0.3 is 10.5 Å². The zero-order valence-electron chi connectivity index (χ0n) is 14.5. The molecule has 1 saturated carbocycles. The Balaban J connectivity index is 2.80. The maximum Gasteiger partial charge on any atom is 0.0589 e. The third-order valence-corrected chi connectivity index (χ3v) is 5.23. The number of hydrogen-bond acceptors (Lipinski definition) is 3. The van der Waals surface area contributed by atoms with Gasteiger partial charge in [-0.2, -0.15) is 0 Å². The smallest absolute Gasteiger partial charge is 0.0589 e.